The van der Waals surface area contributed by atoms with Crippen LogP contribution in [0, 0.1) is 0 Å². The van der Waals surface area contributed by atoms with E-state index in [1.54, 1.807) is 0 Å². The molecule has 0 aliphatic heterocycles. The second-order valence-electron chi connectivity index (χ2n) is 12.5. The topological polar surface area (TPSA) is 51.8 Å². The maximum Gasteiger partial charge on any atom is 0.164 e. The fourth-order valence-electron chi connectivity index (χ4n) is 7.06. The lowest BCUT2D eigenvalue weighted by Crippen LogP contribution is -2.00. The van der Waals surface area contributed by atoms with E-state index >= 15 is 0 Å². The highest BCUT2D eigenvalue weighted by Gasteiger charge is 2.20. The predicted octanol–water partition coefficient (Wildman–Crippen LogP) is 11.9. The average Bonchev–Trinajstić information content (AvgIpc) is 3.56. The highest BCUT2D eigenvalue weighted by molar-refractivity contribution is 6.14. The largest absolute Gasteiger partial charge is 0.456 e. The molecular weight excluding hydrogens is 599 g/mol. The molecule has 10 aromatic rings. The van der Waals surface area contributed by atoms with Crippen LogP contribution in [-0.2, 0) is 0 Å². The standard InChI is InChI=1S/C45H27N3O/c1-2-12-30(13-3-1)43-46-44(34-21-18-28-10-4-5-14-31(28)25-34)48-45(47-43)39-26-35(27-41-42(39)38-16-8-9-17-40(38)49-41)32-22-23-37-33(24-32)20-19-29-11-6-7-15-36(29)37/h1-27H. The molecule has 4 heteroatoms. The van der Waals surface area contributed by atoms with Crippen molar-refractivity contribution in [3.63, 3.8) is 0 Å². The summed E-state index contributed by atoms with van der Waals surface area (Å²) in [6.07, 6.45) is 0. The van der Waals surface area contributed by atoms with Crippen molar-refractivity contribution in [3.05, 3.63) is 164 Å². The normalized spacial score (nSPS) is 11.7. The van der Waals surface area contributed by atoms with Crippen LogP contribution in [0.2, 0.25) is 0 Å². The smallest absolute Gasteiger partial charge is 0.164 e. The Labute approximate surface area is 282 Å². The third kappa shape index (κ3) is 4.65. The Morgan fingerprint density at radius 1 is 0.327 bits per heavy atom. The molecule has 0 amide bonds. The minimum atomic E-state index is 0.599. The van der Waals surface area contributed by atoms with E-state index in [0.717, 1.165) is 55.1 Å². The molecule has 0 aliphatic rings. The Morgan fingerprint density at radius 3 is 1.82 bits per heavy atom. The van der Waals surface area contributed by atoms with Crippen molar-refractivity contribution in [1.82, 2.24) is 15.0 Å². The summed E-state index contributed by atoms with van der Waals surface area (Å²) >= 11 is 0. The molecule has 0 fully saturated rings. The molecule has 0 atom stereocenters. The molecule has 0 spiro atoms. The summed E-state index contributed by atoms with van der Waals surface area (Å²) in [6, 6.07) is 57.0. The molecule has 0 aliphatic carbocycles. The van der Waals surface area contributed by atoms with Crippen LogP contribution >= 0.6 is 0 Å². The average molecular weight is 626 g/mol. The van der Waals surface area contributed by atoms with Crippen molar-refractivity contribution in [1.29, 1.82) is 0 Å². The maximum atomic E-state index is 6.53. The van der Waals surface area contributed by atoms with Crippen LogP contribution in [0.3, 0.4) is 0 Å². The van der Waals surface area contributed by atoms with Crippen molar-refractivity contribution in [2.24, 2.45) is 0 Å². The van der Waals surface area contributed by atoms with Gasteiger partial charge in [-0.3, -0.25) is 0 Å². The van der Waals surface area contributed by atoms with Gasteiger partial charge in [-0.2, -0.15) is 0 Å². The lowest BCUT2D eigenvalue weighted by molar-refractivity contribution is 0.669. The quantitative estimate of drug-likeness (QED) is 0.183. The maximum absolute atomic E-state index is 6.53. The molecule has 49 heavy (non-hydrogen) atoms. The second kappa shape index (κ2) is 11.0. The number of furan rings is 1. The van der Waals surface area contributed by atoms with E-state index in [2.05, 4.69) is 115 Å². The van der Waals surface area contributed by atoms with E-state index in [4.69, 9.17) is 19.4 Å². The zero-order valence-electron chi connectivity index (χ0n) is 26.3. The van der Waals surface area contributed by atoms with Crippen LogP contribution in [0.4, 0.5) is 0 Å². The fraction of sp³-hybridized carbons (Fsp3) is 0. The Balaban J connectivity index is 1.23. The van der Waals surface area contributed by atoms with E-state index in [0.29, 0.717) is 17.5 Å². The van der Waals surface area contributed by atoms with Gasteiger partial charge in [0.25, 0.3) is 0 Å². The van der Waals surface area contributed by atoms with E-state index in [-0.39, 0.29) is 0 Å². The molecule has 228 valence electrons. The van der Waals surface area contributed by atoms with Crippen LogP contribution in [0.5, 0.6) is 0 Å². The molecule has 0 bridgehead atoms. The number of aromatic nitrogens is 3. The third-order valence-electron chi connectivity index (χ3n) is 9.47. The van der Waals surface area contributed by atoms with Gasteiger partial charge in [0, 0.05) is 27.5 Å². The predicted molar refractivity (Wildman–Crippen MR) is 201 cm³/mol. The number of hydrogen-bond donors (Lipinski definition) is 0. The Bertz CT molecular complexity index is 2890. The van der Waals surface area contributed by atoms with E-state index in [1.807, 2.05) is 48.5 Å². The first-order valence-electron chi connectivity index (χ1n) is 16.4. The number of benzene rings is 8. The summed E-state index contributed by atoms with van der Waals surface area (Å²) in [6.45, 7) is 0. The van der Waals surface area contributed by atoms with Gasteiger partial charge in [-0.25, -0.2) is 15.0 Å². The molecule has 2 heterocycles. The second-order valence-corrected chi connectivity index (χ2v) is 12.5. The van der Waals surface area contributed by atoms with Crippen LogP contribution in [-0.4, -0.2) is 15.0 Å². The van der Waals surface area contributed by atoms with Crippen molar-refractivity contribution in [3.8, 4) is 45.3 Å². The summed E-state index contributed by atoms with van der Waals surface area (Å²) < 4.78 is 6.53. The van der Waals surface area contributed by atoms with Gasteiger partial charge in [0.1, 0.15) is 11.2 Å². The van der Waals surface area contributed by atoms with E-state index in [1.165, 1.54) is 26.9 Å². The summed E-state index contributed by atoms with van der Waals surface area (Å²) in [4.78, 5) is 15.4. The molecule has 8 aromatic carbocycles. The van der Waals surface area contributed by atoms with Crippen LogP contribution in [0.1, 0.15) is 0 Å². The summed E-state index contributed by atoms with van der Waals surface area (Å²) in [5.74, 6) is 1.85. The Hall–Kier alpha value is -6.65. The molecule has 10 rings (SSSR count). The highest BCUT2D eigenvalue weighted by Crippen LogP contribution is 2.41. The molecule has 0 saturated heterocycles. The lowest BCUT2D eigenvalue weighted by Gasteiger charge is -2.12. The monoisotopic (exact) mass is 625 g/mol. The first kappa shape index (κ1) is 27.5. The highest BCUT2D eigenvalue weighted by atomic mass is 16.3. The van der Waals surface area contributed by atoms with Gasteiger partial charge in [0.05, 0.1) is 0 Å². The minimum absolute atomic E-state index is 0.599. The van der Waals surface area contributed by atoms with Crippen LogP contribution < -0.4 is 0 Å². The fourth-order valence-corrected chi connectivity index (χ4v) is 7.06. The summed E-state index contributed by atoms with van der Waals surface area (Å²) in [7, 11) is 0. The first-order valence-corrected chi connectivity index (χ1v) is 16.4. The number of hydrogen-bond acceptors (Lipinski definition) is 4. The van der Waals surface area contributed by atoms with E-state index < -0.39 is 0 Å². The van der Waals surface area contributed by atoms with E-state index in [9.17, 15) is 0 Å². The van der Waals surface area contributed by atoms with Gasteiger partial charge < -0.3 is 4.42 Å². The van der Waals surface area contributed by atoms with Gasteiger partial charge in [-0.1, -0.05) is 133 Å². The zero-order valence-corrected chi connectivity index (χ0v) is 26.3. The van der Waals surface area contributed by atoms with Gasteiger partial charge >= 0.3 is 0 Å². The lowest BCUT2D eigenvalue weighted by atomic mass is 9.95. The summed E-state index contributed by atoms with van der Waals surface area (Å²) in [5.41, 5.74) is 6.51. The third-order valence-corrected chi connectivity index (χ3v) is 9.47. The van der Waals surface area contributed by atoms with Gasteiger partial charge in [0.2, 0.25) is 0 Å². The first-order chi connectivity index (χ1) is 24.2. The molecule has 2 aromatic heterocycles. The molecular formula is C45H27N3O. The number of nitrogens with zero attached hydrogens (tertiary/aromatic N) is 3. The van der Waals surface area contributed by atoms with Crippen molar-refractivity contribution >= 4 is 54.3 Å². The van der Waals surface area contributed by atoms with Crippen molar-refractivity contribution in [2.45, 2.75) is 0 Å². The molecule has 0 radical (unpaired) electrons. The number of para-hydroxylation sites is 1. The Morgan fingerprint density at radius 2 is 0.939 bits per heavy atom. The zero-order chi connectivity index (χ0) is 32.3. The molecule has 4 nitrogen and oxygen atoms in total. The van der Waals surface area contributed by atoms with Gasteiger partial charge in [-0.15, -0.1) is 0 Å². The molecule has 0 unspecified atom stereocenters. The molecule has 0 saturated carbocycles. The van der Waals surface area contributed by atoms with Crippen molar-refractivity contribution in [2.75, 3.05) is 0 Å². The SMILES string of the molecule is c1ccc(-c2nc(-c3ccc4ccccc4c3)nc(-c3cc(-c4ccc5c(ccc6ccccc65)c4)cc4oc5ccccc5c34)n2)cc1. The Kier molecular flexibility index (Phi) is 6.15. The van der Waals surface area contributed by atoms with Gasteiger partial charge in [-0.05, 0) is 73.8 Å². The van der Waals surface area contributed by atoms with Crippen LogP contribution in [0.25, 0.3) is 99.5 Å². The van der Waals surface area contributed by atoms with Gasteiger partial charge in [0.15, 0.2) is 17.5 Å². The number of fused-ring (bicyclic) bond motifs is 7. The molecule has 0 N–H and O–H groups in total. The van der Waals surface area contributed by atoms with Crippen molar-refractivity contribution < 1.29 is 4.42 Å². The summed E-state index contributed by atoms with van der Waals surface area (Å²) in [5, 5.41) is 9.23. The minimum Gasteiger partial charge on any atom is -0.456 e. The van der Waals surface area contributed by atoms with Crippen LogP contribution in [0.15, 0.2) is 168 Å². The number of rotatable bonds is 4.